The molecule has 1 saturated carbocycles. The van der Waals surface area contributed by atoms with Crippen LogP contribution in [0.15, 0.2) is 24.3 Å². The van der Waals surface area contributed by atoms with Crippen LogP contribution in [0.2, 0.25) is 0 Å². The lowest BCUT2D eigenvalue weighted by Crippen LogP contribution is -2.32. The number of aliphatic hydroxyl groups is 1. The zero-order chi connectivity index (χ0) is 13.5. The Morgan fingerprint density at radius 3 is 2.32 bits per heavy atom. The molecular formula is C17H27NO. The van der Waals surface area contributed by atoms with E-state index in [4.69, 9.17) is 0 Å². The molecule has 2 N–H and O–H groups in total. The summed E-state index contributed by atoms with van der Waals surface area (Å²) in [6, 6.07) is 8.94. The van der Waals surface area contributed by atoms with Gasteiger partial charge in [-0.3, -0.25) is 0 Å². The maximum Gasteiger partial charge on any atom is 0.0914 e. The highest BCUT2D eigenvalue weighted by Gasteiger charge is 2.14. The molecule has 1 aliphatic carbocycles. The van der Waals surface area contributed by atoms with Crippen LogP contribution in [0.5, 0.6) is 0 Å². The van der Waals surface area contributed by atoms with E-state index in [-0.39, 0.29) is 6.10 Å². The minimum atomic E-state index is -0.380. The Balaban J connectivity index is 1.80. The van der Waals surface area contributed by atoms with E-state index in [1.165, 1.54) is 44.1 Å². The molecule has 0 heterocycles. The monoisotopic (exact) mass is 261 g/mol. The van der Waals surface area contributed by atoms with Crippen LogP contribution in [0.3, 0.4) is 0 Å². The highest BCUT2D eigenvalue weighted by molar-refractivity contribution is 5.24. The fourth-order valence-electron chi connectivity index (χ4n) is 2.86. The average Bonchev–Trinajstić information content (AvgIpc) is 2.73. The molecule has 1 fully saturated rings. The summed E-state index contributed by atoms with van der Waals surface area (Å²) in [7, 11) is 0. The van der Waals surface area contributed by atoms with Gasteiger partial charge in [-0.2, -0.15) is 0 Å². The molecule has 2 nitrogen and oxygen atoms in total. The molecular weight excluding hydrogens is 234 g/mol. The Kier molecular flexibility index (Phi) is 5.87. The predicted molar refractivity (Wildman–Crippen MR) is 80.3 cm³/mol. The average molecular weight is 261 g/mol. The summed E-state index contributed by atoms with van der Waals surface area (Å²) in [5, 5.41) is 13.8. The number of benzene rings is 1. The number of hydrogen-bond acceptors (Lipinski definition) is 2. The third-order valence-electron chi connectivity index (χ3n) is 4.23. The lowest BCUT2D eigenvalue weighted by Gasteiger charge is -2.19. The minimum Gasteiger partial charge on any atom is -0.387 e. The van der Waals surface area contributed by atoms with E-state index < -0.39 is 0 Å². The number of aryl methyl sites for hydroxylation is 1. The van der Waals surface area contributed by atoms with Crippen LogP contribution in [0.4, 0.5) is 0 Å². The lowest BCUT2D eigenvalue weighted by atomic mass is 10.0. The van der Waals surface area contributed by atoms with Crippen LogP contribution in [0.1, 0.15) is 62.7 Å². The minimum absolute atomic E-state index is 0.380. The van der Waals surface area contributed by atoms with Crippen LogP contribution in [0, 0.1) is 0 Å². The molecule has 1 unspecified atom stereocenters. The topological polar surface area (TPSA) is 32.3 Å². The van der Waals surface area contributed by atoms with E-state index in [2.05, 4.69) is 36.5 Å². The summed E-state index contributed by atoms with van der Waals surface area (Å²) >= 11 is 0. The van der Waals surface area contributed by atoms with E-state index in [1.807, 2.05) is 0 Å². The summed E-state index contributed by atoms with van der Waals surface area (Å²) in [5.74, 6) is 0. The normalized spacial score (nSPS) is 19.1. The van der Waals surface area contributed by atoms with Crippen molar-refractivity contribution < 1.29 is 5.11 Å². The second kappa shape index (κ2) is 7.66. The van der Waals surface area contributed by atoms with Crippen molar-refractivity contribution in [2.24, 2.45) is 0 Å². The molecule has 0 saturated heterocycles. The van der Waals surface area contributed by atoms with Gasteiger partial charge in [0.05, 0.1) is 6.10 Å². The van der Waals surface area contributed by atoms with Gasteiger partial charge in [-0.05, 0) is 30.4 Å². The highest BCUT2D eigenvalue weighted by atomic mass is 16.3. The second-order valence-corrected chi connectivity index (χ2v) is 5.71. The first-order valence-electron chi connectivity index (χ1n) is 7.80. The van der Waals surface area contributed by atoms with Crippen LogP contribution < -0.4 is 5.32 Å². The van der Waals surface area contributed by atoms with Crippen LogP contribution in [-0.2, 0) is 6.42 Å². The molecule has 0 aromatic heterocycles. The van der Waals surface area contributed by atoms with Crippen LogP contribution >= 0.6 is 0 Å². The van der Waals surface area contributed by atoms with Crippen molar-refractivity contribution >= 4 is 0 Å². The van der Waals surface area contributed by atoms with E-state index in [9.17, 15) is 5.11 Å². The van der Waals surface area contributed by atoms with Crippen molar-refractivity contribution in [1.82, 2.24) is 5.32 Å². The maximum atomic E-state index is 10.2. The van der Waals surface area contributed by atoms with Crippen molar-refractivity contribution in [3.8, 4) is 0 Å². The predicted octanol–water partition coefficient (Wildman–Crippen LogP) is 3.59. The lowest BCUT2D eigenvalue weighted by molar-refractivity contribution is 0.168. The number of rotatable bonds is 5. The summed E-state index contributed by atoms with van der Waals surface area (Å²) < 4.78 is 0. The zero-order valence-electron chi connectivity index (χ0n) is 12.1. The Labute approximate surface area is 117 Å². The van der Waals surface area contributed by atoms with Gasteiger partial charge in [0.2, 0.25) is 0 Å². The molecule has 106 valence electrons. The number of nitrogens with one attached hydrogen (secondary N) is 1. The molecule has 0 aliphatic heterocycles. The molecule has 0 bridgehead atoms. The van der Waals surface area contributed by atoms with Gasteiger partial charge in [-0.1, -0.05) is 56.9 Å². The Bertz CT molecular complexity index is 352. The first-order chi connectivity index (χ1) is 9.29. The van der Waals surface area contributed by atoms with Gasteiger partial charge in [0, 0.05) is 12.6 Å². The van der Waals surface area contributed by atoms with Crippen LogP contribution in [0.25, 0.3) is 0 Å². The van der Waals surface area contributed by atoms with Crippen molar-refractivity contribution in [2.45, 2.75) is 64.0 Å². The van der Waals surface area contributed by atoms with Gasteiger partial charge in [0.1, 0.15) is 0 Å². The third kappa shape index (κ3) is 4.63. The summed E-state index contributed by atoms with van der Waals surface area (Å²) in [4.78, 5) is 0. The second-order valence-electron chi connectivity index (χ2n) is 5.71. The number of hydrogen-bond donors (Lipinski definition) is 2. The molecule has 1 aromatic carbocycles. The summed E-state index contributed by atoms with van der Waals surface area (Å²) in [6.07, 6.45) is 8.62. The smallest absolute Gasteiger partial charge is 0.0914 e. The van der Waals surface area contributed by atoms with Gasteiger partial charge < -0.3 is 10.4 Å². The van der Waals surface area contributed by atoms with E-state index in [0.29, 0.717) is 12.6 Å². The van der Waals surface area contributed by atoms with Crippen molar-refractivity contribution in [2.75, 3.05) is 6.54 Å². The SMILES string of the molecule is CCc1ccc(C(O)CNC2CCCCCC2)cc1. The van der Waals surface area contributed by atoms with Gasteiger partial charge in [-0.25, -0.2) is 0 Å². The molecule has 0 radical (unpaired) electrons. The first-order valence-corrected chi connectivity index (χ1v) is 7.80. The molecule has 19 heavy (non-hydrogen) atoms. The van der Waals surface area contributed by atoms with Crippen LogP contribution in [-0.4, -0.2) is 17.7 Å². The Morgan fingerprint density at radius 2 is 1.74 bits per heavy atom. The molecule has 2 rings (SSSR count). The summed E-state index contributed by atoms with van der Waals surface area (Å²) in [6.45, 7) is 2.83. The zero-order valence-corrected chi connectivity index (χ0v) is 12.1. The quantitative estimate of drug-likeness (QED) is 0.794. The van der Waals surface area contributed by atoms with E-state index in [1.54, 1.807) is 0 Å². The van der Waals surface area contributed by atoms with Crippen molar-refractivity contribution in [3.63, 3.8) is 0 Å². The molecule has 1 aromatic rings. The van der Waals surface area contributed by atoms with Gasteiger partial charge in [0.15, 0.2) is 0 Å². The Morgan fingerprint density at radius 1 is 1.11 bits per heavy atom. The largest absolute Gasteiger partial charge is 0.387 e. The van der Waals surface area contributed by atoms with E-state index in [0.717, 1.165) is 12.0 Å². The van der Waals surface area contributed by atoms with Gasteiger partial charge in [0.25, 0.3) is 0 Å². The molecule has 1 aliphatic rings. The molecule has 1 atom stereocenters. The molecule has 2 heteroatoms. The summed E-state index contributed by atoms with van der Waals surface area (Å²) in [5.41, 5.74) is 2.35. The Hall–Kier alpha value is -0.860. The molecule has 0 amide bonds. The van der Waals surface area contributed by atoms with Gasteiger partial charge in [-0.15, -0.1) is 0 Å². The number of aliphatic hydroxyl groups excluding tert-OH is 1. The standard InChI is InChI=1S/C17H27NO/c1-2-14-9-11-15(12-10-14)17(19)13-18-16-7-5-3-4-6-8-16/h9-12,16-19H,2-8,13H2,1H3. The first kappa shape index (κ1) is 14.5. The molecule has 0 spiro atoms. The highest BCUT2D eigenvalue weighted by Crippen LogP contribution is 2.19. The van der Waals surface area contributed by atoms with Gasteiger partial charge >= 0.3 is 0 Å². The maximum absolute atomic E-state index is 10.2. The fourth-order valence-corrected chi connectivity index (χ4v) is 2.86. The van der Waals surface area contributed by atoms with E-state index >= 15 is 0 Å². The van der Waals surface area contributed by atoms with Crippen molar-refractivity contribution in [1.29, 1.82) is 0 Å². The third-order valence-corrected chi connectivity index (χ3v) is 4.23. The fraction of sp³-hybridized carbons (Fsp3) is 0.647. The van der Waals surface area contributed by atoms with Crippen molar-refractivity contribution in [3.05, 3.63) is 35.4 Å².